The molecule has 1 aliphatic heterocycles. The third-order valence-electron chi connectivity index (χ3n) is 3.36. The van der Waals surface area contributed by atoms with E-state index in [0.717, 1.165) is 12.8 Å². The van der Waals surface area contributed by atoms with Gasteiger partial charge in [0.05, 0.1) is 24.2 Å². The number of aliphatic hydroxyl groups excluding tert-OH is 1. The van der Waals surface area contributed by atoms with Gasteiger partial charge in [-0.25, -0.2) is 0 Å². The predicted octanol–water partition coefficient (Wildman–Crippen LogP) is 2.23. The van der Waals surface area contributed by atoms with E-state index in [1.807, 2.05) is 4.90 Å². The van der Waals surface area contributed by atoms with Gasteiger partial charge >= 0.3 is 0 Å². The first-order chi connectivity index (χ1) is 9.61. The number of anilines is 1. The molecule has 0 aliphatic carbocycles. The zero-order valence-corrected chi connectivity index (χ0v) is 11.8. The summed E-state index contributed by atoms with van der Waals surface area (Å²) in [5.74, 6) is 0. The molecule has 2 rings (SSSR count). The molecule has 1 aromatic carbocycles. The van der Waals surface area contributed by atoms with E-state index in [1.165, 1.54) is 12.1 Å². The second kappa shape index (κ2) is 6.88. The molecule has 0 aromatic heterocycles. The van der Waals surface area contributed by atoms with Crippen LogP contribution in [0.5, 0.6) is 0 Å². The minimum Gasteiger partial charge on any atom is -0.394 e. The maximum atomic E-state index is 11.1. The summed E-state index contributed by atoms with van der Waals surface area (Å²) in [6.07, 6.45) is 1.67. The Morgan fingerprint density at radius 1 is 1.45 bits per heavy atom. The van der Waals surface area contributed by atoms with Crippen LogP contribution in [-0.4, -0.2) is 42.4 Å². The van der Waals surface area contributed by atoms with Crippen LogP contribution in [0.1, 0.15) is 12.8 Å². The molecule has 6 nitrogen and oxygen atoms in total. The molecular weight excluding hydrogens is 284 g/mol. The van der Waals surface area contributed by atoms with Crippen LogP contribution in [0, 0.1) is 10.1 Å². The van der Waals surface area contributed by atoms with Crippen molar-refractivity contribution in [2.45, 2.75) is 18.9 Å². The molecule has 1 aromatic rings. The van der Waals surface area contributed by atoms with Crippen molar-refractivity contribution < 1.29 is 14.8 Å². The van der Waals surface area contributed by atoms with E-state index in [-0.39, 0.29) is 23.3 Å². The van der Waals surface area contributed by atoms with Crippen LogP contribution in [-0.2, 0) is 4.74 Å². The fraction of sp³-hybridized carbons (Fsp3) is 0.538. The number of nitrogens with zero attached hydrogens (tertiary/aromatic N) is 2. The molecule has 1 N–H and O–H groups in total. The monoisotopic (exact) mass is 300 g/mol. The van der Waals surface area contributed by atoms with Crippen LogP contribution in [0.2, 0.25) is 5.02 Å². The van der Waals surface area contributed by atoms with E-state index in [1.54, 1.807) is 6.07 Å². The van der Waals surface area contributed by atoms with Crippen LogP contribution in [0.15, 0.2) is 18.2 Å². The number of benzene rings is 1. The summed E-state index contributed by atoms with van der Waals surface area (Å²) in [7, 11) is 0. The van der Waals surface area contributed by atoms with E-state index in [9.17, 15) is 10.1 Å². The van der Waals surface area contributed by atoms with E-state index < -0.39 is 0 Å². The summed E-state index contributed by atoms with van der Waals surface area (Å²) in [6.45, 7) is 1.70. The van der Waals surface area contributed by atoms with Gasteiger partial charge in [-0.05, 0) is 25.0 Å². The molecule has 0 bridgehead atoms. The predicted molar refractivity (Wildman–Crippen MR) is 76.4 cm³/mol. The molecule has 0 amide bonds. The summed E-state index contributed by atoms with van der Waals surface area (Å²) >= 11 is 5.94. The molecule has 1 aliphatic rings. The lowest BCUT2D eigenvalue weighted by Gasteiger charge is -2.33. The molecule has 0 atom stereocenters. The van der Waals surface area contributed by atoms with Crippen molar-refractivity contribution >= 4 is 23.0 Å². The van der Waals surface area contributed by atoms with E-state index in [4.69, 9.17) is 21.4 Å². The molecule has 1 heterocycles. The lowest BCUT2D eigenvalue weighted by atomic mass is 10.1. The van der Waals surface area contributed by atoms with E-state index in [2.05, 4.69) is 0 Å². The minimum absolute atomic E-state index is 0.0139. The lowest BCUT2D eigenvalue weighted by Crippen LogP contribution is -2.37. The summed E-state index contributed by atoms with van der Waals surface area (Å²) < 4.78 is 5.48. The third-order valence-corrected chi connectivity index (χ3v) is 3.60. The second-order valence-corrected chi connectivity index (χ2v) is 5.11. The quantitative estimate of drug-likeness (QED) is 0.666. The smallest absolute Gasteiger partial charge is 0.292 e. The molecular formula is C13H17ClN2O4. The van der Waals surface area contributed by atoms with Crippen molar-refractivity contribution in [3.63, 3.8) is 0 Å². The van der Waals surface area contributed by atoms with Crippen molar-refractivity contribution in [1.29, 1.82) is 0 Å². The normalized spacial score (nSPS) is 16.4. The Hall–Kier alpha value is -1.37. The Morgan fingerprint density at radius 2 is 2.15 bits per heavy atom. The molecule has 0 radical (unpaired) electrons. The van der Waals surface area contributed by atoms with Gasteiger partial charge in [0.2, 0.25) is 0 Å². The van der Waals surface area contributed by atoms with Gasteiger partial charge in [0.15, 0.2) is 0 Å². The maximum Gasteiger partial charge on any atom is 0.292 e. The van der Waals surface area contributed by atoms with Crippen LogP contribution < -0.4 is 4.90 Å². The summed E-state index contributed by atoms with van der Waals surface area (Å²) in [6, 6.07) is 4.60. The Morgan fingerprint density at radius 3 is 2.75 bits per heavy atom. The molecule has 1 saturated heterocycles. The van der Waals surface area contributed by atoms with Gasteiger partial charge in [-0.3, -0.25) is 10.1 Å². The van der Waals surface area contributed by atoms with Crippen molar-refractivity contribution in [2.75, 3.05) is 31.2 Å². The Kier molecular flexibility index (Phi) is 5.17. The highest BCUT2D eigenvalue weighted by Gasteiger charge is 2.25. The molecule has 1 fully saturated rings. The van der Waals surface area contributed by atoms with E-state index >= 15 is 0 Å². The topological polar surface area (TPSA) is 75.8 Å². The molecule has 0 spiro atoms. The van der Waals surface area contributed by atoms with Crippen molar-refractivity contribution in [3.05, 3.63) is 33.3 Å². The van der Waals surface area contributed by atoms with Gasteiger partial charge in [0, 0.05) is 24.2 Å². The van der Waals surface area contributed by atoms with Crippen molar-refractivity contribution in [2.24, 2.45) is 0 Å². The first-order valence-corrected chi connectivity index (χ1v) is 6.91. The van der Waals surface area contributed by atoms with Crippen LogP contribution in [0.3, 0.4) is 0 Å². The summed E-state index contributed by atoms with van der Waals surface area (Å²) in [5.41, 5.74) is 0.632. The largest absolute Gasteiger partial charge is 0.394 e. The molecule has 7 heteroatoms. The number of rotatable bonds is 5. The number of nitro groups is 1. The third kappa shape index (κ3) is 3.59. The minimum atomic E-state index is -0.389. The number of hydrogen-bond donors (Lipinski definition) is 1. The van der Waals surface area contributed by atoms with Gasteiger partial charge < -0.3 is 14.7 Å². The second-order valence-electron chi connectivity index (χ2n) is 4.67. The average molecular weight is 301 g/mol. The lowest BCUT2D eigenvalue weighted by molar-refractivity contribution is -0.384. The van der Waals surface area contributed by atoms with Crippen molar-refractivity contribution in [1.82, 2.24) is 0 Å². The Labute approximate surface area is 122 Å². The zero-order chi connectivity index (χ0) is 14.5. The molecule has 110 valence electrons. The van der Waals surface area contributed by atoms with Crippen LogP contribution in [0.4, 0.5) is 11.4 Å². The van der Waals surface area contributed by atoms with Crippen LogP contribution >= 0.6 is 11.6 Å². The Bertz CT molecular complexity index is 475. The maximum absolute atomic E-state index is 11.1. The standard InChI is InChI=1S/C13H17ClN2O4/c14-10-1-2-12(16(18)19)13(9-10)15-5-3-11(4-6-15)20-8-7-17/h1-2,9,11,17H,3-8H2. The summed E-state index contributed by atoms with van der Waals surface area (Å²) in [4.78, 5) is 12.6. The van der Waals surface area contributed by atoms with Gasteiger partial charge in [-0.1, -0.05) is 11.6 Å². The first-order valence-electron chi connectivity index (χ1n) is 6.53. The van der Waals surface area contributed by atoms with Gasteiger partial charge in [0.1, 0.15) is 5.69 Å². The fourth-order valence-electron chi connectivity index (χ4n) is 2.39. The van der Waals surface area contributed by atoms with Gasteiger partial charge in [-0.2, -0.15) is 0 Å². The van der Waals surface area contributed by atoms with Gasteiger partial charge in [-0.15, -0.1) is 0 Å². The highest BCUT2D eigenvalue weighted by atomic mass is 35.5. The number of nitro benzene ring substituents is 1. The molecule has 0 saturated carbocycles. The Balaban J connectivity index is 2.06. The molecule has 20 heavy (non-hydrogen) atoms. The number of piperidine rings is 1. The van der Waals surface area contributed by atoms with Gasteiger partial charge in [0.25, 0.3) is 5.69 Å². The summed E-state index contributed by atoms with van der Waals surface area (Å²) in [5, 5.41) is 20.3. The zero-order valence-electron chi connectivity index (χ0n) is 11.0. The average Bonchev–Trinajstić information content (AvgIpc) is 2.45. The van der Waals surface area contributed by atoms with E-state index in [0.29, 0.717) is 30.4 Å². The first kappa shape index (κ1) is 15.0. The highest BCUT2D eigenvalue weighted by molar-refractivity contribution is 6.31. The SMILES string of the molecule is O=[N+]([O-])c1ccc(Cl)cc1N1CCC(OCCO)CC1. The number of hydrogen-bond acceptors (Lipinski definition) is 5. The van der Waals surface area contributed by atoms with Crippen LogP contribution in [0.25, 0.3) is 0 Å². The number of aliphatic hydroxyl groups is 1. The van der Waals surface area contributed by atoms with Crippen molar-refractivity contribution in [3.8, 4) is 0 Å². The molecule has 0 unspecified atom stereocenters. The number of halogens is 1. The fourth-order valence-corrected chi connectivity index (χ4v) is 2.55. The highest BCUT2D eigenvalue weighted by Crippen LogP contribution is 2.33. The number of ether oxygens (including phenoxy) is 1.